The predicted molar refractivity (Wildman–Crippen MR) is 139 cm³/mol. The zero-order valence-electron chi connectivity index (χ0n) is 21.6. The molecular formula is C30H42N2O2+2. The number of likely N-dealkylation sites (tertiary alicyclic amines) is 2. The van der Waals surface area contributed by atoms with Crippen molar-refractivity contribution in [2.45, 2.75) is 39.5 Å². The quantitative estimate of drug-likeness (QED) is 0.404. The SMILES string of the molecule is CC1CC[N+](C)(CC(=O)c2ccc(-c3ccc(C(=O)C[N+]4(C)CCC(C)CC4)cc3)cc2)CC1. The number of ketones is 2. The first-order chi connectivity index (χ1) is 16.1. The predicted octanol–water partition coefficient (Wildman–Crippen LogP) is 5.47. The van der Waals surface area contributed by atoms with E-state index in [1.165, 1.54) is 25.7 Å². The number of Topliss-reactive ketones (excluding diaryl/α,β-unsaturated/α-hetero) is 2. The van der Waals surface area contributed by atoms with E-state index in [1.807, 2.05) is 48.5 Å². The Morgan fingerprint density at radius 2 is 0.912 bits per heavy atom. The number of carbonyl (C=O) groups is 2. The van der Waals surface area contributed by atoms with Crippen LogP contribution in [0, 0.1) is 11.8 Å². The Morgan fingerprint density at radius 3 is 1.21 bits per heavy atom. The molecule has 0 saturated carbocycles. The van der Waals surface area contributed by atoms with Gasteiger partial charge in [-0.25, -0.2) is 0 Å². The molecule has 0 amide bonds. The number of quaternary nitrogens is 2. The van der Waals surface area contributed by atoms with Crippen LogP contribution in [-0.4, -0.2) is 73.9 Å². The van der Waals surface area contributed by atoms with Gasteiger partial charge in [-0.15, -0.1) is 0 Å². The molecule has 0 N–H and O–H groups in total. The van der Waals surface area contributed by atoms with Crippen molar-refractivity contribution >= 4 is 11.6 Å². The van der Waals surface area contributed by atoms with Crippen LogP contribution in [0.1, 0.15) is 60.2 Å². The van der Waals surface area contributed by atoms with Gasteiger partial charge in [0.15, 0.2) is 0 Å². The number of piperidine rings is 2. The van der Waals surface area contributed by atoms with Gasteiger partial charge >= 0.3 is 0 Å². The van der Waals surface area contributed by atoms with Gasteiger partial charge in [0.2, 0.25) is 11.6 Å². The van der Waals surface area contributed by atoms with Crippen LogP contribution in [0.2, 0.25) is 0 Å². The molecule has 4 nitrogen and oxygen atoms in total. The number of carbonyl (C=O) groups excluding carboxylic acids is 2. The minimum absolute atomic E-state index is 0.230. The molecule has 0 bridgehead atoms. The molecule has 182 valence electrons. The Bertz CT molecular complexity index is 910. The number of benzene rings is 2. The van der Waals surface area contributed by atoms with E-state index >= 15 is 0 Å². The van der Waals surface area contributed by atoms with E-state index in [0.717, 1.165) is 69.2 Å². The van der Waals surface area contributed by atoms with E-state index < -0.39 is 0 Å². The van der Waals surface area contributed by atoms with Crippen LogP contribution in [0.15, 0.2) is 48.5 Å². The normalized spacial score (nSPS) is 29.5. The Labute approximate surface area is 205 Å². The molecule has 2 heterocycles. The first-order valence-electron chi connectivity index (χ1n) is 13.1. The van der Waals surface area contributed by atoms with Gasteiger partial charge in [-0.2, -0.15) is 0 Å². The fourth-order valence-electron chi connectivity index (χ4n) is 5.53. The summed E-state index contributed by atoms with van der Waals surface area (Å²) in [5.41, 5.74) is 3.74. The number of hydrogen-bond acceptors (Lipinski definition) is 2. The van der Waals surface area contributed by atoms with Gasteiger partial charge in [0, 0.05) is 11.1 Å². The third-order valence-corrected chi connectivity index (χ3v) is 8.44. The first kappa shape index (κ1) is 24.8. The van der Waals surface area contributed by atoms with Crippen LogP contribution in [0.25, 0.3) is 11.1 Å². The lowest BCUT2D eigenvalue weighted by atomic mass is 9.96. The third kappa shape index (κ3) is 6.03. The summed E-state index contributed by atoms with van der Waals surface area (Å²) in [4.78, 5) is 25.8. The number of nitrogens with zero attached hydrogens (tertiary/aromatic N) is 2. The lowest BCUT2D eigenvalue weighted by molar-refractivity contribution is -0.907. The van der Waals surface area contributed by atoms with Gasteiger partial charge < -0.3 is 8.97 Å². The van der Waals surface area contributed by atoms with Crippen LogP contribution in [0.4, 0.5) is 0 Å². The van der Waals surface area contributed by atoms with E-state index in [1.54, 1.807) is 0 Å². The van der Waals surface area contributed by atoms with Crippen molar-refractivity contribution < 1.29 is 18.6 Å². The molecule has 0 atom stereocenters. The maximum atomic E-state index is 12.9. The highest BCUT2D eigenvalue weighted by molar-refractivity contribution is 5.98. The zero-order valence-corrected chi connectivity index (χ0v) is 21.6. The second-order valence-corrected chi connectivity index (χ2v) is 11.8. The smallest absolute Gasteiger partial charge is 0.216 e. The van der Waals surface area contributed by atoms with Crippen LogP contribution >= 0.6 is 0 Å². The number of rotatable bonds is 7. The largest absolute Gasteiger partial charge is 0.320 e. The fraction of sp³-hybridized carbons (Fsp3) is 0.533. The standard InChI is InChI=1S/C30H42N2O2/c1-23-13-17-31(3,18-14-23)21-29(33)27-9-5-25(6-10-27)26-7-11-28(12-8-26)30(34)22-32(4)19-15-24(2)16-20-32/h5-12,23-24H,13-22H2,1-4H3/q+2. The Hall–Kier alpha value is -2.30. The van der Waals surface area contributed by atoms with Gasteiger partial charge in [-0.1, -0.05) is 62.4 Å². The van der Waals surface area contributed by atoms with Crippen LogP contribution in [-0.2, 0) is 0 Å². The van der Waals surface area contributed by atoms with Crippen molar-refractivity contribution in [1.29, 1.82) is 0 Å². The summed E-state index contributed by atoms with van der Waals surface area (Å²) >= 11 is 0. The number of likely N-dealkylation sites (N-methyl/N-ethyl adjacent to an activating group) is 2. The van der Waals surface area contributed by atoms with Crippen LogP contribution in [0.3, 0.4) is 0 Å². The first-order valence-corrected chi connectivity index (χ1v) is 13.1. The topological polar surface area (TPSA) is 34.1 Å². The summed E-state index contributed by atoms with van der Waals surface area (Å²) in [6.45, 7) is 10.1. The summed E-state index contributed by atoms with van der Waals surface area (Å²) in [5, 5.41) is 0. The molecule has 2 aromatic carbocycles. The van der Waals surface area contributed by atoms with Crippen LogP contribution in [0.5, 0.6) is 0 Å². The van der Waals surface area contributed by atoms with Crippen molar-refractivity contribution in [2.75, 3.05) is 53.4 Å². The van der Waals surface area contributed by atoms with Gasteiger partial charge in [-0.05, 0) is 48.6 Å². The summed E-state index contributed by atoms with van der Waals surface area (Å²) in [6.07, 6.45) is 4.83. The lowest BCUT2D eigenvalue weighted by Crippen LogP contribution is -2.52. The van der Waals surface area contributed by atoms with Crippen molar-refractivity contribution in [3.63, 3.8) is 0 Å². The third-order valence-electron chi connectivity index (χ3n) is 8.44. The Morgan fingerprint density at radius 1 is 0.618 bits per heavy atom. The average Bonchev–Trinajstić information content (AvgIpc) is 2.83. The zero-order chi connectivity index (χ0) is 24.3. The van der Waals surface area contributed by atoms with Gasteiger partial charge in [0.1, 0.15) is 13.1 Å². The summed E-state index contributed by atoms with van der Waals surface area (Å²) in [7, 11) is 4.43. The maximum Gasteiger partial charge on any atom is 0.216 e. The molecule has 2 aliphatic rings. The lowest BCUT2D eigenvalue weighted by Gasteiger charge is -2.39. The molecule has 2 saturated heterocycles. The Kier molecular flexibility index (Phi) is 7.39. The molecule has 2 fully saturated rings. The van der Waals surface area contributed by atoms with Gasteiger partial charge in [0.05, 0.1) is 40.3 Å². The summed E-state index contributed by atoms with van der Waals surface area (Å²) < 4.78 is 1.72. The molecule has 2 aliphatic heterocycles. The Balaban J connectivity index is 1.36. The molecule has 0 unspecified atom stereocenters. The minimum atomic E-state index is 0.230. The minimum Gasteiger partial charge on any atom is -0.320 e. The molecule has 0 spiro atoms. The maximum absolute atomic E-state index is 12.9. The second-order valence-electron chi connectivity index (χ2n) is 11.8. The highest BCUT2D eigenvalue weighted by atomic mass is 16.1. The van der Waals surface area contributed by atoms with Crippen molar-refractivity contribution in [1.82, 2.24) is 0 Å². The van der Waals surface area contributed by atoms with Gasteiger partial charge in [-0.3, -0.25) is 9.59 Å². The van der Waals surface area contributed by atoms with Crippen molar-refractivity contribution in [3.8, 4) is 11.1 Å². The number of hydrogen-bond donors (Lipinski definition) is 0. The molecule has 34 heavy (non-hydrogen) atoms. The van der Waals surface area contributed by atoms with E-state index in [4.69, 9.17) is 0 Å². The fourth-order valence-corrected chi connectivity index (χ4v) is 5.53. The molecule has 0 radical (unpaired) electrons. The average molecular weight is 463 g/mol. The highest BCUT2D eigenvalue weighted by Gasteiger charge is 2.32. The van der Waals surface area contributed by atoms with E-state index in [-0.39, 0.29) is 11.6 Å². The second kappa shape index (κ2) is 10.1. The molecule has 4 heteroatoms. The highest BCUT2D eigenvalue weighted by Crippen LogP contribution is 2.25. The molecular weight excluding hydrogens is 420 g/mol. The van der Waals surface area contributed by atoms with Gasteiger partial charge in [0.25, 0.3) is 0 Å². The van der Waals surface area contributed by atoms with E-state index in [2.05, 4.69) is 27.9 Å². The summed E-state index contributed by atoms with van der Waals surface area (Å²) in [5.74, 6) is 2.02. The molecule has 0 aromatic heterocycles. The summed E-state index contributed by atoms with van der Waals surface area (Å²) in [6, 6.07) is 15.9. The molecule has 2 aromatic rings. The van der Waals surface area contributed by atoms with E-state index in [0.29, 0.717) is 13.1 Å². The monoisotopic (exact) mass is 462 g/mol. The molecule has 0 aliphatic carbocycles. The molecule has 4 rings (SSSR count). The van der Waals surface area contributed by atoms with Crippen molar-refractivity contribution in [3.05, 3.63) is 59.7 Å². The van der Waals surface area contributed by atoms with Crippen LogP contribution < -0.4 is 0 Å². The van der Waals surface area contributed by atoms with Crippen molar-refractivity contribution in [2.24, 2.45) is 11.8 Å². The van der Waals surface area contributed by atoms with E-state index in [9.17, 15) is 9.59 Å².